The molecule has 3 nitrogen and oxygen atoms in total. The zero-order valence-electron chi connectivity index (χ0n) is 13.4. The molecule has 0 fully saturated rings. The van der Waals surface area contributed by atoms with Gasteiger partial charge in [-0.15, -0.1) is 12.6 Å². The van der Waals surface area contributed by atoms with Crippen LogP contribution in [0.5, 0.6) is 0 Å². The first kappa shape index (κ1) is 15.8. The van der Waals surface area contributed by atoms with Crippen LogP contribution in [0.3, 0.4) is 0 Å². The van der Waals surface area contributed by atoms with E-state index in [0.29, 0.717) is 21.9 Å². The fourth-order valence-corrected chi connectivity index (χ4v) is 3.47. The van der Waals surface area contributed by atoms with Crippen molar-refractivity contribution in [2.75, 3.05) is 0 Å². The molecule has 23 heavy (non-hydrogen) atoms. The van der Waals surface area contributed by atoms with Gasteiger partial charge < -0.3 is 0 Å². The highest BCUT2D eigenvalue weighted by atomic mass is 32.1. The van der Waals surface area contributed by atoms with Gasteiger partial charge in [-0.05, 0) is 28.7 Å². The van der Waals surface area contributed by atoms with Crippen LogP contribution in [0.2, 0.25) is 0 Å². The van der Waals surface area contributed by atoms with Crippen molar-refractivity contribution in [2.24, 2.45) is 0 Å². The van der Waals surface area contributed by atoms with E-state index in [1.807, 2.05) is 6.07 Å². The number of carbonyl (C=O) groups is 2. The smallest absolute Gasteiger partial charge is 0.260 e. The van der Waals surface area contributed by atoms with Crippen molar-refractivity contribution in [3.8, 4) is 0 Å². The van der Waals surface area contributed by atoms with Crippen molar-refractivity contribution in [1.29, 1.82) is 0 Å². The van der Waals surface area contributed by atoms with Gasteiger partial charge in [0.1, 0.15) is 0 Å². The van der Waals surface area contributed by atoms with Gasteiger partial charge in [0.15, 0.2) is 0 Å². The van der Waals surface area contributed by atoms with Gasteiger partial charge in [0.2, 0.25) is 0 Å². The minimum atomic E-state index is -0.361. The summed E-state index contributed by atoms with van der Waals surface area (Å²) in [5.41, 5.74) is 4.22. The molecule has 0 spiro atoms. The second-order valence-corrected chi connectivity index (χ2v) is 6.70. The topological polar surface area (TPSA) is 46.2 Å². The minimum Gasteiger partial charge on any atom is -0.288 e. The molecule has 2 aromatic carbocycles. The summed E-state index contributed by atoms with van der Waals surface area (Å²) in [5.74, 6) is -0.155. The Morgan fingerprint density at radius 2 is 1.65 bits per heavy atom. The number of fused-ring (bicyclic) bond motifs is 1. The van der Waals surface area contributed by atoms with Crippen molar-refractivity contribution in [3.63, 3.8) is 0 Å². The molecule has 2 aromatic rings. The van der Waals surface area contributed by atoms with Crippen LogP contribution < -0.4 is 5.32 Å². The first-order valence-corrected chi connectivity index (χ1v) is 8.16. The first-order chi connectivity index (χ1) is 10.9. The van der Waals surface area contributed by atoms with E-state index in [-0.39, 0.29) is 17.7 Å². The minimum absolute atomic E-state index is 0.0926. The van der Waals surface area contributed by atoms with Gasteiger partial charge in [-0.2, -0.15) is 0 Å². The van der Waals surface area contributed by atoms with Gasteiger partial charge in [-0.25, -0.2) is 0 Å². The van der Waals surface area contributed by atoms with Crippen LogP contribution >= 0.6 is 12.6 Å². The lowest BCUT2D eigenvalue weighted by Crippen LogP contribution is -2.20. The van der Waals surface area contributed by atoms with Crippen molar-refractivity contribution < 1.29 is 9.59 Å². The van der Waals surface area contributed by atoms with Crippen LogP contribution in [0, 0.1) is 0 Å². The average molecular weight is 325 g/mol. The van der Waals surface area contributed by atoms with E-state index in [2.05, 4.69) is 63.0 Å². The molecule has 3 rings (SSSR count). The summed E-state index contributed by atoms with van der Waals surface area (Å²) in [6.45, 7) is 6.42. The summed E-state index contributed by atoms with van der Waals surface area (Å²) in [6.07, 6.45) is 0. The molecule has 0 aromatic heterocycles. The third kappa shape index (κ3) is 2.68. The van der Waals surface area contributed by atoms with E-state index in [0.717, 1.165) is 5.56 Å². The van der Waals surface area contributed by atoms with Crippen molar-refractivity contribution in [1.82, 2.24) is 5.32 Å². The number of imide groups is 1. The number of rotatable bonds is 3. The molecular weight excluding hydrogens is 306 g/mol. The Labute approximate surface area is 141 Å². The van der Waals surface area contributed by atoms with Crippen molar-refractivity contribution in [2.45, 2.75) is 37.5 Å². The predicted octanol–water partition coefficient (Wildman–Crippen LogP) is 4.13. The molecule has 0 saturated heterocycles. The lowest BCUT2D eigenvalue weighted by atomic mass is 9.88. The lowest BCUT2D eigenvalue weighted by Gasteiger charge is -2.18. The molecule has 4 heteroatoms. The number of carbonyl (C=O) groups excluding carboxylic acids is 2. The molecule has 1 aliphatic rings. The summed E-state index contributed by atoms with van der Waals surface area (Å²) in [7, 11) is 0. The molecule has 118 valence electrons. The van der Waals surface area contributed by atoms with Crippen molar-refractivity contribution >= 4 is 24.4 Å². The largest absolute Gasteiger partial charge is 0.288 e. The van der Waals surface area contributed by atoms with Gasteiger partial charge in [0, 0.05) is 10.8 Å². The fraction of sp³-hybridized carbons (Fsp3) is 0.263. The molecule has 0 bridgehead atoms. The number of benzene rings is 2. The predicted molar refractivity (Wildman–Crippen MR) is 93.5 cm³/mol. The summed E-state index contributed by atoms with van der Waals surface area (Å²) < 4.78 is 0. The summed E-state index contributed by atoms with van der Waals surface area (Å²) in [5, 5.41) is 2.33. The van der Waals surface area contributed by atoms with E-state index in [4.69, 9.17) is 0 Å². The van der Waals surface area contributed by atoms with E-state index >= 15 is 0 Å². The number of amides is 2. The molecule has 1 N–H and O–H groups in total. The third-order valence-electron chi connectivity index (χ3n) is 4.45. The van der Waals surface area contributed by atoms with Crippen LogP contribution in [0.15, 0.2) is 41.3 Å². The van der Waals surface area contributed by atoms with E-state index in [1.165, 1.54) is 11.1 Å². The van der Waals surface area contributed by atoms with Crippen LogP contribution in [-0.4, -0.2) is 11.8 Å². The number of thiol groups is 1. The highest BCUT2D eigenvalue weighted by Gasteiger charge is 2.30. The van der Waals surface area contributed by atoms with E-state index in [1.54, 1.807) is 6.07 Å². The van der Waals surface area contributed by atoms with Gasteiger partial charge >= 0.3 is 0 Å². The highest BCUT2D eigenvalue weighted by Crippen LogP contribution is 2.35. The highest BCUT2D eigenvalue weighted by molar-refractivity contribution is 7.80. The van der Waals surface area contributed by atoms with Gasteiger partial charge in [-0.3, -0.25) is 14.9 Å². The Morgan fingerprint density at radius 3 is 2.35 bits per heavy atom. The van der Waals surface area contributed by atoms with Crippen LogP contribution in [-0.2, 0) is 0 Å². The zero-order chi connectivity index (χ0) is 16.7. The molecule has 1 heterocycles. The van der Waals surface area contributed by atoms with Crippen LogP contribution in [0.1, 0.15) is 70.0 Å². The van der Waals surface area contributed by atoms with E-state index in [9.17, 15) is 9.59 Å². The standard InChI is InChI=1S/C19H19NO2S/c1-10(2)12-5-4-6-13(9-12)11(3)14-7-8-15-16(17(14)23)19(22)20-18(15)21/h4-11,23H,1-3H3,(H,20,21,22). The van der Waals surface area contributed by atoms with Crippen molar-refractivity contribution in [3.05, 3.63) is 64.2 Å². The van der Waals surface area contributed by atoms with Gasteiger partial charge in [0.05, 0.1) is 11.1 Å². The molecular formula is C19H19NO2S. The SMILES string of the molecule is CC(C)c1cccc(C(C)c2ccc3c(c2S)C(=O)NC3=O)c1. The second-order valence-electron chi connectivity index (χ2n) is 6.26. The Kier molecular flexibility index (Phi) is 4.02. The fourth-order valence-electron chi connectivity index (χ4n) is 2.98. The summed E-state index contributed by atoms with van der Waals surface area (Å²) in [4.78, 5) is 24.3. The first-order valence-electron chi connectivity index (χ1n) is 7.71. The zero-order valence-corrected chi connectivity index (χ0v) is 14.3. The number of nitrogens with one attached hydrogen (secondary N) is 1. The summed E-state index contributed by atoms with van der Waals surface area (Å²) in [6, 6.07) is 12.1. The normalized spacial score (nSPS) is 14.8. The average Bonchev–Trinajstić information content (AvgIpc) is 2.82. The lowest BCUT2D eigenvalue weighted by molar-refractivity contribution is 0.0878. The molecule has 1 aliphatic heterocycles. The molecule has 0 aliphatic carbocycles. The molecule has 2 amide bonds. The Hall–Kier alpha value is -2.07. The quantitative estimate of drug-likeness (QED) is 0.658. The Morgan fingerprint density at radius 1 is 0.957 bits per heavy atom. The second kappa shape index (κ2) is 5.85. The maximum atomic E-state index is 12.0. The van der Waals surface area contributed by atoms with E-state index < -0.39 is 0 Å². The van der Waals surface area contributed by atoms with Gasteiger partial charge in [-0.1, -0.05) is 51.1 Å². The van der Waals surface area contributed by atoms with Crippen LogP contribution in [0.25, 0.3) is 0 Å². The Bertz CT molecular complexity index is 811. The third-order valence-corrected chi connectivity index (χ3v) is 4.93. The van der Waals surface area contributed by atoms with Crippen LogP contribution in [0.4, 0.5) is 0 Å². The Balaban J connectivity index is 2.06. The molecule has 0 radical (unpaired) electrons. The monoisotopic (exact) mass is 325 g/mol. The maximum absolute atomic E-state index is 12.0. The summed E-state index contributed by atoms with van der Waals surface area (Å²) >= 11 is 4.54. The molecule has 1 atom stereocenters. The van der Waals surface area contributed by atoms with Gasteiger partial charge in [0.25, 0.3) is 11.8 Å². The maximum Gasteiger partial charge on any atom is 0.260 e. The molecule has 0 saturated carbocycles. The number of hydrogen-bond acceptors (Lipinski definition) is 3. The number of hydrogen-bond donors (Lipinski definition) is 2. The molecule has 1 unspecified atom stereocenters.